The normalized spacial score (nSPS) is 12.1. The lowest BCUT2D eigenvalue weighted by Gasteiger charge is -2.14. The number of amides is 1. The molecule has 1 rings (SSSR count). The molecule has 0 saturated carbocycles. The summed E-state index contributed by atoms with van der Waals surface area (Å²) in [5.41, 5.74) is 6.25. The van der Waals surface area contributed by atoms with E-state index >= 15 is 0 Å². The fourth-order valence-electron chi connectivity index (χ4n) is 1.51. The Hall–Kier alpha value is -1.75. The van der Waals surface area contributed by atoms with Crippen molar-refractivity contribution in [2.45, 2.75) is 25.8 Å². The first-order valence-electron chi connectivity index (χ1n) is 5.54. The van der Waals surface area contributed by atoms with Crippen LogP contribution in [0.25, 0.3) is 0 Å². The fourth-order valence-corrected chi connectivity index (χ4v) is 1.51. The summed E-state index contributed by atoms with van der Waals surface area (Å²) >= 11 is 0. The molecule has 0 aromatic heterocycles. The van der Waals surface area contributed by atoms with Gasteiger partial charge in [0.15, 0.2) is 0 Å². The van der Waals surface area contributed by atoms with Crippen LogP contribution in [0.3, 0.4) is 0 Å². The van der Waals surface area contributed by atoms with Gasteiger partial charge in [-0.15, -0.1) is 0 Å². The molecule has 1 atom stereocenters. The van der Waals surface area contributed by atoms with Crippen LogP contribution in [-0.4, -0.2) is 28.8 Å². The lowest BCUT2D eigenvalue weighted by atomic mass is 10.1. The Morgan fingerprint density at radius 3 is 2.88 bits per heavy atom. The highest BCUT2D eigenvalue weighted by atomic mass is 16.3. The molecular weight excluding hydrogens is 220 g/mol. The maximum absolute atomic E-state index is 11.8. The number of carbonyl (C=O) groups is 1. The fraction of sp³-hybridized carbons (Fsp3) is 0.417. The molecule has 5 N–H and O–H groups in total. The summed E-state index contributed by atoms with van der Waals surface area (Å²) in [4.78, 5) is 11.8. The Balaban J connectivity index is 2.66. The van der Waals surface area contributed by atoms with Gasteiger partial charge in [-0.25, -0.2) is 0 Å². The van der Waals surface area contributed by atoms with E-state index in [0.29, 0.717) is 18.5 Å². The van der Waals surface area contributed by atoms with Crippen molar-refractivity contribution >= 4 is 11.6 Å². The molecule has 0 heterocycles. The molecule has 5 nitrogen and oxygen atoms in total. The summed E-state index contributed by atoms with van der Waals surface area (Å²) in [7, 11) is 0. The Morgan fingerprint density at radius 1 is 1.53 bits per heavy atom. The van der Waals surface area contributed by atoms with Gasteiger partial charge in [0.2, 0.25) is 0 Å². The van der Waals surface area contributed by atoms with Gasteiger partial charge < -0.3 is 21.3 Å². The average molecular weight is 238 g/mol. The van der Waals surface area contributed by atoms with Gasteiger partial charge in [-0.05, 0) is 38.0 Å². The molecule has 94 valence electrons. The van der Waals surface area contributed by atoms with Gasteiger partial charge in [0, 0.05) is 18.3 Å². The number of nitrogens with one attached hydrogen (secondary N) is 1. The molecular formula is C12H18N2O3. The van der Waals surface area contributed by atoms with E-state index in [2.05, 4.69) is 5.32 Å². The molecule has 1 aromatic carbocycles. The molecule has 1 unspecified atom stereocenters. The zero-order chi connectivity index (χ0) is 12.8. The van der Waals surface area contributed by atoms with Crippen LogP contribution in [0.5, 0.6) is 5.75 Å². The number of anilines is 1. The predicted octanol–water partition coefficient (Wildman–Crippen LogP) is 0.865. The number of carbonyl (C=O) groups excluding carboxylic acids is 1. The molecule has 0 radical (unpaired) electrons. The van der Waals surface area contributed by atoms with Gasteiger partial charge in [-0.2, -0.15) is 0 Å². The van der Waals surface area contributed by atoms with Crippen molar-refractivity contribution in [3.63, 3.8) is 0 Å². The van der Waals surface area contributed by atoms with E-state index in [4.69, 9.17) is 10.8 Å². The zero-order valence-corrected chi connectivity index (χ0v) is 9.81. The SMILES string of the molecule is CC(CCCO)NC(=O)c1cc(O)ccc1N. The van der Waals surface area contributed by atoms with Crippen LogP contribution >= 0.6 is 0 Å². The van der Waals surface area contributed by atoms with Gasteiger partial charge in [0.25, 0.3) is 5.91 Å². The molecule has 0 aliphatic heterocycles. The topological polar surface area (TPSA) is 95.6 Å². The molecule has 0 bridgehead atoms. The molecule has 17 heavy (non-hydrogen) atoms. The van der Waals surface area contributed by atoms with Gasteiger partial charge >= 0.3 is 0 Å². The van der Waals surface area contributed by atoms with E-state index in [1.54, 1.807) is 0 Å². The number of hydrogen-bond acceptors (Lipinski definition) is 4. The summed E-state index contributed by atoms with van der Waals surface area (Å²) in [6.07, 6.45) is 1.33. The lowest BCUT2D eigenvalue weighted by molar-refractivity contribution is 0.0937. The van der Waals surface area contributed by atoms with Gasteiger partial charge in [-0.1, -0.05) is 0 Å². The smallest absolute Gasteiger partial charge is 0.253 e. The van der Waals surface area contributed by atoms with E-state index in [-0.39, 0.29) is 29.9 Å². The van der Waals surface area contributed by atoms with E-state index in [1.165, 1.54) is 18.2 Å². The van der Waals surface area contributed by atoms with E-state index in [0.717, 1.165) is 0 Å². The van der Waals surface area contributed by atoms with Crippen LogP contribution < -0.4 is 11.1 Å². The summed E-state index contributed by atoms with van der Waals surface area (Å²) in [6, 6.07) is 4.21. The summed E-state index contributed by atoms with van der Waals surface area (Å²) in [5, 5.41) is 20.7. The second-order valence-corrected chi connectivity index (χ2v) is 4.01. The van der Waals surface area contributed by atoms with Crippen molar-refractivity contribution in [2.24, 2.45) is 0 Å². The molecule has 5 heteroatoms. The standard InChI is InChI=1S/C12H18N2O3/c1-8(3-2-6-15)14-12(17)10-7-9(16)4-5-11(10)13/h4-5,7-8,15-16H,2-3,6,13H2,1H3,(H,14,17). The molecule has 0 spiro atoms. The third kappa shape index (κ3) is 3.96. The highest BCUT2D eigenvalue weighted by Crippen LogP contribution is 2.18. The average Bonchev–Trinajstić information content (AvgIpc) is 2.29. The van der Waals surface area contributed by atoms with Crippen molar-refractivity contribution in [2.75, 3.05) is 12.3 Å². The number of nitrogen functional groups attached to an aromatic ring is 1. The first kappa shape index (κ1) is 13.3. The van der Waals surface area contributed by atoms with E-state index in [9.17, 15) is 9.90 Å². The van der Waals surface area contributed by atoms with Crippen molar-refractivity contribution in [3.8, 4) is 5.75 Å². The van der Waals surface area contributed by atoms with Gasteiger partial charge in [0.05, 0.1) is 5.56 Å². The van der Waals surface area contributed by atoms with Crippen LogP contribution in [0, 0.1) is 0 Å². The third-order valence-electron chi connectivity index (χ3n) is 2.45. The number of phenolic OH excluding ortho intramolecular Hbond substituents is 1. The van der Waals surface area contributed by atoms with Crippen LogP contribution in [0.1, 0.15) is 30.1 Å². The van der Waals surface area contributed by atoms with Crippen molar-refractivity contribution in [1.82, 2.24) is 5.32 Å². The highest BCUT2D eigenvalue weighted by molar-refractivity contribution is 5.99. The van der Waals surface area contributed by atoms with Crippen molar-refractivity contribution < 1.29 is 15.0 Å². The van der Waals surface area contributed by atoms with Crippen molar-refractivity contribution in [3.05, 3.63) is 23.8 Å². The Morgan fingerprint density at radius 2 is 2.24 bits per heavy atom. The third-order valence-corrected chi connectivity index (χ3v) is 2.45. The van der Waals surface area contributed by atoms with Crippen LogP contribution in [-0.2, 0) is 0 Å². The largest absolute Gasteiger partial charge is 0.508 e. The number of benzene rings is 1. The molecule has 0 aliphatic rings. The Kier molecular flexibility index (Phi) is 4.78. The van der Waals surface area contributed by atoms with Gasteiger partial charge in [0.1, 0.15) is 5.75 Å². The zero-order valence-electron chi connectivity index (χ0n) is 9.81. The summed E-state index contributed by atoms with van der Waals surface area (Å²) < 4.78 is 0. The Labute approximate surface area is 100 Å². The first-order chi connectivity index (χ1) is 8.04. The number of aliphatic hydroxyl groups excluding tert-OH is 1. The molecule has 0 fully saturated rings. The summed E-state index contributed by atoms with van der Waals surface area (Å²) in [6.45, 7) is 1.96. The quantitative estimate of drug-likeness (QED) is 0.452. The number of aromatic hydroxyl groups is 1. The predicted molar refractivity (Wildman–Crippen MR) is 65.8 cm³/mol. The minimum atomic E-state index is -0.316. The number of rotatable bonds is 5. The monoisotopic (exact) mass is 238 g/mol. The Bertz CT molecular complexity index is 393. The second-order valence-electron chi connectivity index (χ2n) is 4.01. The van der Waals surface area contributed by atoms with E-state index in [1.807, 2.05) is 6.92 Å². The molecule has 0 saturated heterocycles. The molecule has 1 amide bonds. The van der Waals surface area contributed by atoms with Crippen LogP contribution in [0.2, 0.25) is 0 Å². The summed E-state index contributed by atoms with van der Waals surface area (Å²) in [5.74, 6) is -0.309. The lowest BCUT2D eigenvalue weighted by Crippen LogP contribution is -2.33. The maximum Gasteiger partial charge on any atom is 0.253 e. The van der Waals surface area contributed by atoms with Crippen molar-refractivity contribution in [1.29, 1.82) is 0 Å². The number of aliphatic hydroxyl groups is 1. The van der Waals surface area contributed by atoms with Gasteiger partial charge in [-0.3, -0.25) is 4.79 Å². The number of phenols is 1. The van der Waals surface area contributed by atoms with E-state index < -0.39 is 0 Å². The first-order valence-corrected chi connectivity index (χ1v) is 5.54. The number of hydrogen-bond donors (Lipinski definition) is 4. The highest BCUT2D eigenvalue weighted by Gasteiger charge is 2.13. The minimum Gasteiger partial charge on any atom is -0.508 e. The minimum absolute atomic E-state index is 0.00682. The maximum atomic E-state index is 11.8. The van der Waals surface area contributed by atoms with Crippen LogP contribution in [0.4, 0.5) is 5.69 Å². The number of nitrogens with two attached hydrogens (primary N) is 1. The molecule has 1 aromatic rings. The van der Waals surface area contributed by atoms with Crippen LogP contribution in [0.15, 0.2) is 18.2 Å². The molecule has 0 aliphatic carbocycles. The second kappa shape index (κ2) is 6.10.